The van der Waals surface area contributed by atoms with E-state index < -0.39 is 11.7 Å². The molecule has 0 spiro atoms. The van der Waals surface area contributed by atoms with E-state index >= 15 is 0 Å². The Labute approximate surface area is 117 Å². The van der Waals surface area contributed by atoms with Crippen LogP contribution in [0, 0.1) is 5.82 Å². The van der Waals surface area contributed by atoms with Gasteiger partial charge in [0.05, 0.1) is 11.2 Å². The van der Waals surface area contributed by atoms with Crippen molar-refractivity contribution in [1.82, 2.24) is 10.3 Å². The summed E-state index contributed by atoms with van der Waals surface area (Å²) in [5.74, 6) is -0.965. The van der Waals surface area contributed by atoms with Crippen LogP contribution < -0.4 is 10.6 Å². The van der Waals surface area contributed by atoms with Crippen molar-refractivity contribution in [1.29, 1.82) is 0 Å². The molecular weight excluding hydrogens is 261 g/mol. The van der Waals surface area contributed by atoms with Crippen molar-refractivity contribution >= 4 is 11.7 Å². The number of pyridine rings is 1. The highest BCUT2D eigenvalue weighted by Crippen LogP contribution is 2.24. The lowest BCUT2D eigenvalue weighted by molar-refractivity contribution is -0.0615. The average molecular weight is 281 g/mol. The summed E-state index contributed by atoms with van der Waals surface area (Å²) in [6.45, 7) is 4.56. The zero-order chi connectivity index (χ0) is 14.8. The van der Waals surface area contributed by atoms with Crippen LogP contribution in [0.3, 0.4) is 0 Å². The number of ether oxygens (including phenoxy) is 1. The van der Waals surface area contributed by atoms with Crippen molar-refractivity contribution < 1.29 is 13.9 Å². The molecule has 0 bridgehead atoms. The summed E-state index contributed by atoms with van der Waals surface area (Å²) in [7, 11) is 1.56. The third-order valence-corrected chi connectivity index (χ3v) is 3.40. The van der Waals surface area contributed by atoms with E-state index in [9.17, 15) is 9.18 Å². The third-order valence-electron chi connectivity index (χ3n) is 3.40. The van der Waals surface area contributed by atoms with Crippen molar-refractivity contribution in [2.45, 2.75) is 38.3 Å². The van der Waals surface area contributed by atoms with Gasteiger partial charge in [0, 0.05) is 25.9 Å². The van der Waals surface area contributed by atoms with Crippen LogP contribution in [0.5, 0.6) is 0 Å². The maximum Gasteiger partial charge on any atom is 0.254 e. The second kappa shape index (κ2) is 5.75. The first kappa shape index (κ1) is 14.7. The van der Waals surface area contributed by atoms with Crippen LogP contribution in [0.1, 0.15) is 37.0 Å². The molecule has 1 aliphatic heterocycles. The van der Waals surface area contributed by atoms with Crippen LogP contribution >= 0.6 is 0 Å². The number of nitrogens with zero attached hydrogens (tertiary/aromatic N) is 1. The molecule has 2 heterocycles. The number of anilines is 1. The van der Waals surface area contributed by atoms with Crippen LogP contribution in [0.2, 0.25) is 0 Å². The summed E-state index contributed by atoms with van der Waals surface area (Å²) < 4.78 is 19.6. The number of nitrogens with one attached hydrogen (secondary N) is 2. The molecule has 1 fully saturated rings. The van der Waals surface area contributed by atoms with Crippen molar-refractivity contribution in [3.8, 4) is 0 Å². The molecule has 1 amide bonds. The molecule has 6 heteroatoms. The second-order valence-corrected chi connectivity index (χ2v) is 5.54. The number of carbonyl (C=O) groups is 1. The minimum absolute atomic E-state index is 0.00292. The fourth-order valence-corrected chi connectivity index (χ4v) is 2.41. The average Bonchev–Trinajstić information content (AvgIpc) is 2.37. The fourth-order valence-electron chi connectivity index (χ4n) is 2.41. The molecule has 20 heavy (non-hydrogen) atoms. The Morgan fingerprint density at radius 3 is 2.95 bits per heavy atom. The molecule has 2 rings (SSSR count). The number of amides is 1. The van der Waals surface area contributed by atoms with Gasteiger partial charge < -0.3 is 15.4 Å². The summed E-state index contributed by atoms with van der Waals surface area (Å²) in [6, 6.07) is 1.38. The standard InChI is InChI=1S/C14H20FN3O2/c1-14(2)8-9(5-7-20-14)18-13(19)10-4-6-17-12(16-3)11(10)15/h4,6,9H,5,7-8H2,1-3H3,(H,16,17)(H,18,19). The Morgan fingerprint density at radius 1 is 1.55 bits per heavy atom. The lowest BCUT2D eigenvalue weighted by Crippen LogP contribution is -2.46. The zero-order valence-corrected chi connectivity index (χ0v) is 12.0. The van der Waals surface area contributed by atoms with Crippen molar-refractivity contribution in [2.75, 3.05) is 19.0 Å². The third kappa shape index (κ3) is 3.25. The number of carbonyl (C=O) groups excluding carboxylic acids is 1. The van der Waals surface area contributed by atoms with Crippen molar-refractivity contribution in [3.05, 3.63) is 23.6 Å². The minimum atomic E-state index is -0.626. The van der Waals surface area contributed by atoms with E-state index in [1.807, 2.05) is 13.8 Å². The Bertz CT molecular complexity index is 505. The molecule has 1 saturated heterocycles. The molecule has 5 nitrogen and oxygen atoms in total. The van der Waals surface area contributed by atoms with Gasteiger partial charge in [-0.3, -0.25) is 4.79 Å². The van der Waals surface area contributed by atoms with Gasteiger partial charge in [-0.2, -0.15) is 0 Å². The largest absolute Gasteiger partial charge is 0.375 e. The topological polar surface area (TPSA) is 63.2 Å². The highest BCUT2D eigenvalue weighted by atomic mass is 19.1. The predicted octanol–water partition coefficient (Wildman–Crippen LogP) is 1.95. The van der Waals surface area contributed by atoms with Gasteiger partial charge in [0.15, 0.2) is 11.6 Å². The summed E-state index contributed by atoms with van der Waals surface area (Å²) in [4.78, 5) is 16.0. The molecule has 0 saturated carbocycles. The molecule has 0 radical (unpaired) electrons. The van der Waals surface area contributed by atoms with Gasteiger partial charge in [-0.15, -0.1) is 0 Å². The van der Waals surface area contributed by atoms with Gasteiger partial charge in [-0.05, 0) is 32.8 Å². The number of rotatable bonds is 3. The number of halogens is 1. The van der Waals surface area contributed by atoms with Crippen molar-refractivity contribution in [2.24, 2.45) is 0 Å². The number of hydrogen-bond acceptors (Lipinski definition) is 4. The van der Waals surface area contributed by atoms with Gasteiger partial charge in [-0.25, -0.2) is 9.37 Å². The highest BCUT2D eigenvalue weighted by molar-refractivity contribution is 5.95. The quantitative estimate of drug-likeness (QED) is 0.889. The Morgan fingerprint density at radius 2 is 2.30 bits per heavy atom. The smallest absolute Gasteiger partial charge is 0.254 e. The van der Waals surface area contributed by atoms with Crippen LogP contribution in [0.25, 0.3) is 0 Å². The maximum atomic E-state index is 14.0. The van der Waals surface area contributed by atoms with E-state index in [0.29, 0.717) is 13.0 Å². The predicted molar refractivity (Wildman–Crippen MR) is 74.3 cm³/mol. The lowest BCUT2D eigenvalue weighted by Gasteiger charge is -2.35. The maximum absolute atomic E-state index is 14.0. The SMILES string of the molecule is CNc1nccc(C(=O)NC2CCOC(C)(C)C2)c1F. The van der Waals surface area contributed by atoms with E-state index in [1.165, 1.54) is 12.3 Å². The van der Waals surface area contributed by atoms with E-state index in [1.54, 1.807) is 7.05 Å². The number of hydrogen-bond donors (Lipinski definition) is 2. The van der Waals surface area contributed by atoms with Gasteiger partial charge in [0.2, 0.25) is 0 Å². The number of aromatic nitrogens is 1. The summed E-state index contributed by atoms with van der Waals surface area (Å²) in [6.07, 6.45) is 2.86. The normalized spacial score (nSPS) is 21.3. The first-order valence-corrected chi connectivity index (χ1v) is 6.70. The second-order valence-electron chi connectivity index (χ2n) is 5.54. The molecule has 1 unspecified atom stereocenters. The van der Waals surface area contributed by atoms with E-state index in [4.69, 9.17) is 4.74 Å². The molecule has 110 valence electrons. The van der Waals surface area contributed by atoms with E-state index in [-0.39, 0.29) is 23.0 Å². The van der Waals surface area contributed by atoms with Crippen LogP contribution in [0.15, 0.2) is 12.3 Å². The van der Waals surface area contributed by atoms with E-state index in [0.717, 1.165) is 6.42 Å². The van der Waals surface area contributed by atoms with Crippen LogP contribution in [0.4, 0.5) is 10.2 Å². The summed E-state index contributed by atoms with van der Waals surface area (Å²) in [5.41, 5.74) is -0.253. The molecule has 1 aromatic heterocycles. The van der Waals surface area contributed by atoms with E-state index in [2.05, 4.69) is 15.6 Å². The molecule has 1 aliphatic rings. The minimum Gasteiger partial charge on any atom is -0.375 e. The van der Waals surface area contributed by atoms with Gasteiger partial charge in [0.1, 0.15) is 0 Å². The summed E-state index contributed by atoms with van der Waals surface area (Å²) >= 11 is 0. The fraction of sp³-hybridized carbons (Fsp3) is 0.571. The Hall–Kier alpha value is -1.69. The zero-order valence-electron chi connectivity index (χ0n) is 12.0. The van der Waals surface area contributed by atoms with Gasteiger partial charge in [-0.1, -0.05) is 0 Å². The molecule has 0 aromatic carbocycles. The molecule has 2 N–H and O–H groups in total. The molecule has 1 atom stereocenters. The Kier molecular flexibility index (Phi) is 4.23. The first-order chi connectivity index (χ1) is 9.43. The van der Waals surface area contributed by atoms with Crippen LogP contribution in [-0.2, 0) is 4.74 Å². The van der Waals surface area contributed by atoms with Crippen LogP contribution in [-0.4, -0.2) is 36.2 Å². The highest BCUT2D eigenvalue weighted by Gasteiger charge is 2.30. The van der Waals surface area contributed by atoms with Gasteiger partial charge >= 0.3 is 0 Å². The monoisotopic (exact) mass is 281 g/mol. The van der Waals surface area contributed by atoms with Gasteiger partial charge in [0.25, 0.3) is 5.91 Å². The molecular formula is C14H20FN3O2. The Balaban J connectivity index is 2.09. The molecule has 0 aliphatic carbocycles. The summed E-state index contributed by atoms with van der Waals surface area (Å²) in [5, 5.41) is 5.49. The molecule has 1 aromatic rings. The van der Waals surface area contributed by atoms with Crippen molar-refractivity contribution in [3.63, 3.8) is 0 Å². The lowest BCUT2D eigenvalue weighted by atomic mass is 9.94. The first-order valence-electron chi connectivity index (χ1n) is 6.70.